The van der Waals surface area contributed by atoms with Crippen LogP contribution in [-0.2, 0) is 0 Å². The summed E-state index contributed by atoms with van der Waals surface area (Å²) in [5.41, 5.74) is -0.122. The lowest BCUT2D eigenvalue weighted by Crippen LogP contribution is -2.41. The number of ketones is 1. The van der Waals surface area contributed by atoms with E-state index in [1.165, 1.54) is 16.4 Å². The highest BCUT2D eigenvalue weighted by molar-refractivity contribution is 8.00. The van der Waals surface area contributed by atoms with Crippen molar-refractivity contribution < 1.29 is 18.7 Å². The summed E-state index contributed by atoms with van der Waals surface area (Å²) in [6.45, 7) is 0. The van der Waals surface area contributed by atoms with E-state index in [4.69, 9.17) is 9.26 Å². The summed E-state index contributed by atoms with van der Waals surface area (Å²) in [6, 6.07) is 16.5. The van der Waals surface area contributed by atoms with E-state index in [0.29, 0.717) is 11.4 Å². The molecule has 122 valence electrons. The molecule has 0 aliphatic heterocycles. The van der Waals surface area contributed by atoms with Gasteiger partial charge >= 0.3 is 11.3 Å². The number of thioether (sulfide) groups is 1. The Morgan fingerprint density at radius 1 is 1.17 bits per heavy atom. The number of carbonyl (C=O) groups is 1. The Bertz CT molecular complexity index is 885. The second kappa shape index (κ2) is 7.18. The predicted octanol–water partition coefficient (Wildman–Crippen LogP) is 2.23. The van der Waals surface area contributed by atoms with Crippen molar-refractivity contribution >= 4 is 17.5 Å². The zero-order chi connectivity index (χ0) is 16.9. The maximum Gasteiger partial charge on any atom is 0.438 e. The van der Waals surface area contributed by atoms with Crippen LogP contribution in [0.4, 0.5) is 0 Å². The zero-order valence-electron chi connectivity index (χ0n) is 12.9. The second-order valence-corrected chi connectivity index (χ2v) is 5.94. The van der Waals surface area contributed by atoms with Gasteiger partial charge < -0.3 is 4.74 Å². The van der Waals surface area contributed by atoms with E-state index in [1.807, 2.05) is 30.3 Å². The second-order valence-electron chi connectivity index (χ2n) is 4.89. The standard InChI is InChI=1S/C17H14N2O4S/c1-22-13-9-7-12(8-10-13)19-16(17(21)23-18-19)15(20)11-24-14-5-3-2-4-6-14/h2-10H,11H2,1H3/p+1. The fraction of sp³-hybridized carbons (Fsp3) is 0.118. The van der Waals surface area contributed by atoms with Gasteiger partial charge in [0.2, 0.25) is 11.5 Å². The van der Waals surface area contributed by atoms with Crippen LogP contribution < -0.4 is 15.0 Å². The third-order valence-electron chi connectivity index (χ3n) is 3.35. The van der Waals surface area contributed by atoms with E-state index >= 15 is 0 Å². The number of aromatic nitrogens is 2. The number of hydrogen-bond donors (Lipinski definition) is 1. The number of Topliss-reactive ketones (excluding diaryl/α,β-unsaturated/α-hetero) is 1. The van der Waals surface area contributed by atoms with Gasteiger partial charge in [0.1, 0.15) is 5.75 Å². The van der Waals surface area contributed by atoms with Gasteiger partial charge in [0.25, 0.3) is 0 Å². The highest BCUT2D eigenvalue weighted by Gasteiger charge is 2.30. The summed E-state index contributed by atoms with van der Waals surface area (Å²) in [5, 5.41) is 2.47. The fourth-order valence-corrected chi connectivity index (χ4v) is 2.94. The van der Waals surface area contributed by atoms with Gasteiger partial charge in [0.05, 0.1) is 12.9 Å². The number of rotatable bonds is 6. The van der Waals surface area contributed by atoms with Gasteiger partial charge in [-0.15, -0.1) is 11.8 Å². The van der Waals surface area contributed by atoms with E-state index in [1.54, 1.807) is 31.4 Å². The van der Waals surface area contributed by atoms with Crippen molar-refractivity contribution in [3.05, 3.63) is 70.7 Å². The SMILES string of the molecule is COc1ccc(-[n+]2[nH]oc(=O)c2C(=O)CSc2ccccc2)cc1. The Hall–Kier alpha value is -2.80. The molecule has 24 heavy (non-hydrogen) atoms. The molecule has 0 unspecified atom stereocenters. The Morgan fingerprint density at radius 3 is 2.54 bits per heavy atom. The molecule has 6 nitrogen and oxygen atoms in total. The molecule has 1 N–H and O–H groups in total. The molecule has 0 saturated heterocycles. The number of nitrogens with one attached hydrogen (secondary N) is 1. The number of ether oxygens (including phenoxy) is 1. The van der Waals surface area contributed by atoms with Gasteiger partial charge in [0, 0.05) is 17.0 Å². The molecule has 0 atom stereocenters. The highest BCUT2D eigenvalue weighted by Crippen LogP contribution is 2.17. The molecule has 0 fully saturated rings. The van der Waals surface area contributed by atoms with E-state index in [9.17, 15) is 9.59 Å². The number of aromatic amines is 1. The van der Waals surface area contributed by atoms with E-state index in [-0.39, 0.29) is 17.2 Å². The van der Waals surface area contributed by atoms with Crippen LogP contribution in [0.1, 0.15) is 10.5 Å². The minimum Gasteiger partial charge on any atom is -0.497 e. The van der Waals surface area contributed by atoms with Gasteiger partial charge in [0.15, 0.2) is 0 Å². The fourth-order valence-electron chi connectivity index (χ4n) is 2.16. The zero-order valence-corrected chi connectivity index (χ0v) is 13.7. The number of H-pyrrole nitrogens is 1. The largest absolute Gasteiger partial charge is 0.497 e. The lowest BCUT2D eigenvalue weighted by atomic mass is 10.2. The van der Waals surface area contributed by atoms with E-state index < -0.39 is 5.63 Å². The summed E-state index contributed by atoms with van der Waals surface area (Å²) in [7, 11) is 1.57. The van der Waals surface area contributed by atoms with Gasteiger partial charge in [-0.3, -0.25) is 9.32 Å². The van der Waals surface area contributed by atoms with Crippen molar-refractivity contribution in [2.24, 2.45) is 0 Å². The molecule has 0 saturated carbocycles. The molecule has 0 aliphatic carbocycles. The maximum atomic E-state index is 12.5. The van der Waals surface area contributed by atoms with Crippen LogP contribution in [0, 0.1) is 0 Å². The van der Waals surface area contributed by atoms with Gasteiger partial charge in [-0.1, -0.05) is 18.2 Å². The molecule has 7 heteroatoms. The first-order chi connectivity index (χ1) is 11.7. The summed E-state index contributed by atoms with van der Waals surface area (Å²) < 4.78 is 11.2. The molecule has 0 aliphatic rings. The number of benzene rings is 2. The summed E-state index contributed by atoms with van der Waals surface area (Å²) >= 11 is 1.37. The van der Waals surface area contributed by atoms with Crippen LogP contribution in [-0.4, -0.2) is 23.9 Å². The summed E-state index contributed by atoms with van der Waals surface area (Å²) in [6.07, 6.45) is 0. The first-order valence-electron chi connectivity index (χ1n) is 7.18. The van der Waals surface area contributed by atoms with Gasteiger partial charge in [-0.25, -0.2) is 4.79 Å². The number of hydrogen-bond acceptors (Lipinski definition) is 5. The third-order valence-corrected chi connectivity index (χ3v) is 4.37. The quantitative estimate of drug-likeness (QED) is 0.422. The molecule has 0 radical (unpaired) electrons. The molecular formula is C17H15N2O4S+. The average molecular weight is 343 g/mol. The van der Waals surface area contributed by atoms with Crippen LogP contribution in [0.5, 0.6) is 5.75 Å². The van der Waals surface area contributed by atoms with Gasteiger partial charge in [-0.2, -0.15) is 0 Å². The summed E-state index contributed by atoms with van der Waals surface area (Å²) in [4.78, 5) is 25.3. The van der Waals surface area contributed by atoms with Crippen molar-refractivity contribution in [2.45, 2.75) is 4.90 Å². The van der Waals surface area contributed by atoms with Crippen molar-refractivity contribution in [1.82, 2.24) is 5.27 Å². The van der Waals surface area contributed by atoms with Crippen molar-refractivity contribution in [3.63, 3.8) is 0 Å². The molecule has 0 bridgehead atoms. The Balaban J connectivity index is 1.83. The van der Waals surface area contributed by atoms with Crippen LogP contribution in [0.15, 0.2) is 68.8 Å². The normalized spacial score (nSPS) is 10.5. The molecule has 2 aromatic carbocycles. The number of methoxy groups -OCH3 is 1. The van der Waals surface area contributed by atoms with Crippen molar-refractivity contribution in [3.8, 4) is 11.4 Å². The number of nitrogens with zero attached hydrogens (tertiary/aromatic N) is 1. The topological polar surface area (TPSA) is 76.2 Å². The third kappa shape index (κ3) is 3.41. The lowest BCUT2D eigenvalue weighted by molar-refractivity contribution is -0.672. The minimum atomic E-state index is -0.690. The van der Waals surface area contributed by atoms with Crippen LogP contribution >= 0.6 is 11.8 Å². The first kappa shape index (κ1) is 16.1. The van der Waals surface area contributed by atoms with Crippen LogP contribution in [0.25, 0.3) is 5.69 Å². The Morgan fingerprint density at radius 2 is 1.88 bits per heavy atom. The predicted molar refractivity (Wildman–Crippen MR) is 88.9 cm³/mol. The van der Waals surface area contributed by atoms with E-state index in [2.05, 4.69) is 5.27 Å². The monoisotopic (exact) mass is 343 g/mol. The summed E-state index contributed by atoms with van der Waals surface area (Å²) in [5.74, 6) is 0.510. The smallest absolute Gasteiger partial charge is 0.438 e. The van der Waals surface area contributed by atoms with Crippen LogP contribution in [0.3, 0.4) is 0 Å². The molecule has 0 amide bonds. The highest BCUT2D eigenvalue weighted by atomic mass is 32.2. The first-order valence-corrected chi connectivity index (χ1v) is 8.16. The molecule has 1 aromatic heterocycles. The molecule has 1 heterocycles. The van der Waals surface area contributed by atoms with E-state index in [0.717, 1.165) is 4.90 Å². The van der Waals surface area contributed by atoms with Crippen molar-refractivity contribution in [1.29, 1.82) is 0 Å². The Labute approximate surface area is 142 Å². The molecule has 0 spiro atoms. The number of carbonyl (C=O) groups excluding carboxylic acids is 1. The average Bonchev–Trinajstić information content (AvgIpc) is 3.02. The van der Waals surface area contributed by atoms with Crippen molar-refractivity contribution in [2.75, 3.05) is 12.9 Å². The molecule has 3 rings (SSSR count). The molecular weight excluding hydrogens is 328 g/mol. The molecule has 3 aromatic rings. The van der Waals surface area contributed by atoms with Gasteiger partial charge in [-0.05, 0) is 34.2 Å². The minimum absolute atomic E-state index is 0.0383. The van der Waals surface area contributed by atoms with Crippen LogP contribution in [0.2, 0.25) is 0 Å². The maximum absolute atomic E-state index is 12.5. The Kier molecular flexibility index (Phi) is 4.81. The lowest BCUT2D eigenvalue weighted by Gasteiger charge is -1.99.